The quantitative estimate of drug-likeness (QED) is 0.894. The van der Waals surface area contributed by atoms with Crippen molar-refractivity contribution >= 4 is 6.09 Å². The first-order valence-corrected chi connectivity index (χ1v) is 6.47. The molecule has 1 N–H and O–H groups in total. The SMILES string of the molecule is O=C(OCc1ccccc1)N1CCO[C@H](CCO)C1. The number of amides is 1. The number of benzene rings is 1. The molecule has 0 aliphatic carbocycles. The number of carbonyl (C=O) groups is 1. The number of rotatable bonds is 4. The van der Waals surface area contributed by atoms with Gasteiger partial charge in [0.2, 0.25) is 0 Å². The van der Waals surface area contributed by atoms with Crippen LogP contribution in [0, 0.1) is 0 Å². The van der Waals surface area contributed by atoms with Crippen molar-refractivity contribution in [1.29, 1.82) is 0 Å². The summed E-state index contributed by atoms with van der Waals surface area (Å²) in [6.45, 7) is 1.86. The molecular weight excluding hydrogens is 246 g/mol. The minimum atomic E-state index is -0.324. The molecule has 0 unspecified atom stereocenters. The lowest BCUT2D eigenvalue weighted by Crippen LogP contribution is -2.46. The summed E-state index contributed by atoms with van der Waals surface area (Å²) >= 11 is 0. The van der Waals surface area contributed by atoms with Gasteiger partial charge in [-0.15, -0.1) is 0 Å². The average Bonchev–Trinajstić information content (AvgIpc) is 2.46. The number of ether oxygens (including phenoxy) is 2. The van der Waals surface area contributed by atoms with E-state index in [0.717, 1.165) is 5.56 Å². The van der Waals surface area contributed by atoms with E-state index >= 15 is 0 Å². The van der Waals surface area contributed by atoms with Gasteiger partial charge in [-0.25, -0.2) is 4.79 Å². The van der Waals surface area contributed by atoms with Crippen LogP contribution in [0.25, 0.3) is 0 Å². The lowest BCUT2D eigenvalue weighted by atomic mass is 10.2. The Labute approximate surface area is 112 Å². The third-order valence-corrected chi connectivity index (χ3v) is 3.05. The molecule has 104 valence electrons. The molecule has 1 amide bonds. The van der Waals surface area contributed by atoms with Gasteiger partial charge >= 0.3 is 6.09 Å². The number of hydrogen-bond acceptors (Lipinski definition) is 4. The normalized spacial score (nSPS) is 19.2. The van der Waals surface area contributed by atoms with Crippen LogP contribution in [0.1, 0.15) is 12.0 Å². The van der Waals surface area contributed by atoms with Crippen molar-refractivity contribution in [2.24, 2.45) is 0 Å². The second-order valence-electron chi connectivity index (χ2n) is 4.49. The highest BCUT2D eigenvalue weighted by molar-refractivity contribution is 5.67. The molecule has 1 aromatic carbocycles. The molecule has 5 nitrogen and oxygen atoms in total. The second-order valence-corrected chi connectivity index (χ2v) is 4.49. The van der Waals surface area contributed by atoms with Crippen molar-refractivity contribution in [1.82, 2.24) is 4.90 Å². The van der Waals surface area contributed by atoms with E-state index in [2.05, 4.69) is 0 Å². The molecular formula is C14H19NO4. The number of hydrogen-bond donors (Lipinski definition) is 1. The largest absolute Gasteiger partial charge is 0.445 e. The van der Waals surface area contributed by atoms with Gasteiger partial charge in [0.25, 0.3) is 0 Å². The zero-order chi connectivity index (χ0) is 13.5. The number of nitrogens with zero attached hydrogens (tertiary/aromatic N) is 1. The predicted octanol–water partition coefficient (Wildman–Crippen LogP) is 1.41. The minimum absolute atomic E-state index is 0.0670. The first-order valence-electron chi connectivity index (χ1n) is 6.47. The molecule has 1 heterocycles. The van der Waals surface area contributed by atoms with Crippen LogP contribution in [0.4, 0.5) is 4.79 Å². The fourth-order valence-corrected chi connectivity index (χ4v) is 2.01. The summed E-state index contributed by atoms with van der Waals surface area (Å²) in [6.07, 6.45) is 0.126. The van der Waals surface area contributed by atoms with Crippen LogP contribution < -0.4 is 0 Å². The minimum Gasteiger partial charge on any atom is -0.445 e. The van der Waals surface area contributed by atoms with Gasteiger partial charge in [-0.3, -0.25) is 0 Å². The van der Waals surface area contributed by atoms with Crippen LogP contribution in [-0.2, 0) is 16.1 Å². The molecule has 0 aromatic heterocycles. The Morgan fingerprint density at radius 2 is 2.21 bits per heavy atom. The highest BCUT2D eigenvalue weighted by Crippen LogP contribution is 2.10. The van der Waals surface area contributed by atoms with Gasteiger partial charge in [0.1, 0.15) is 6.61 Å². The van der Waals surface area contributed by atoms with Gasteiger partial charge in [0.05, 0.1) is 19.3 Å². The Morgan fingerprint density at radius 1 is 1.42 bits per heavy atom. The van der Waals surface area contributed by atoms with E-state index in [1.165, 1.54) is 0 Å². The molecule has 1 atom stereocenters. The maximum atomic E-state index is 11.9. The van der Waals surface area contributed by atoms with Crippen molar-refractivity contribution < 1.29 is 19.4 Å². The fourth-order valence-electron chi connectivity index (χ4n) is 2.01. The Morgan fingerprint density at radius 3 is 2.95 bits per heavy atom. The summed E-state index contributed by atoms with van der Waals surface area (Å²) in [5.41, 5.74) is 0.969. The average molecular weight is 265 g/mol. The molecule has 2 rings (SSSR count). The first kappa shape index (κ1) is 13.8. The summed E-state index contributed by atoms with van der Waals surface area (Å²) in [7, 11) is 0. The summed E-state index contributed by atoms with van der Waals surface area (Å²) < 4.78 is 10.7. The Hall–Kier alpha value is -1.59. The number of aliphatic hydroxyl groups is 1. The lowest BCUT2D eigenvalue weighted by molar-refractivity contribution is -0.0369. The molecule has 1 aliphatic rings. The summed E-state index contributed by atoms with van der Waals surface area (Å²) in [5.74, 6) is 0. The molecule has 5 heteroatoms. The van der Waals surface area contributed by atoms with E-state index < -0.39 is 0 Å². The summed E-state index contributed by atoms with van der Waals surface area (Å²) in [6, 6.07) is 9.58. The molecule has 19 heavy (non-hydrogen) atoms. The summed E-state index contributed by atoms with van der Waals surface area (Å²) in [5, 5.41) is 8.88. The number of carbonyl (C=O) groups excluding carboxylic acids is 1. The van der Waals surface area contributed by atoms with Crippen molar-refractivity contribution in [3.8, 4) is 0 Å². The van der Waals surface area contributed by atoms with E-state index in [1.54, 1.807) is 4.90 Å². The summed E-state index contributed by atoms with van der Waals surface area (Å²) in [4.78, 5) is 13.5. The highest BCUT2D eigenvalue weighted by atomic mass is 16.6. The molecule has 1 saturated heterocycles. The van der Waals surface area contributed by atoms with E-state index in [9.17, 15) is 4.79 Å². The van der Waals surface area contributed by atoms with Crippen LogP contribution in [0.5, 0.6) is 0 Å². The zero-order valence-corrected chi connectivity index (χ0v) is 10.8. The van der Waals surface area contributed by atoms with Crippen LogP contribution in [-0.4, -0.2) is 48.5 Å². The van der Waals surface area contributed by atoms with Crippen molar-refractivity contribution in [2.75, 3.05) is 26.3 Å². The van der Waals surface area contributed by atoms with Crippen LogP contribution in [0.3, 0.4) is 0 Å². The smallest absolute Gasteiger partial charge is 0.410 e. The maximum Gasteiger partial charge on any atom is 0.410 e. The van der Waals surface area contributed by atoms with Gasteiger partial charge in [0, 0.05) is 13.2 Å². The van der Waals surface area contributed by atoms with Crippen molar-refractivity contribution in [3.05, 3.63) is 35.9 Å². The molecule has 1 fully saturated rings. The van der Waals surface area contributed by atoms with Gasteiger partial charge in [-0.1, -0.05) is 30.3 Å². The molecule has 0 radical (unpaired) electrons. The van der Waals surface area contributed by atoms with E-state index in [-0.39, 0.29) is 25.4 Å². The Balaban J connectivity index is 1.79. The van der Waals surface area contributed by atoms with E-state index in [1.807, 2.05) is 30.3 Å². The maximum absolute atomic E-state index is 11.9. The van der Waals surface area contributed by atoms with Crippen LogP contribution in [0.15, 0.2) is 30.3 Å². The second kappa shape index (κ2) is 7.11. The molecule has 0 bridgehead atoms. The third-order valence-electron chi connectivity index (χ3n) is 3.05. The Kier molecular flexibility index (Phi) is 5.18. The van der Waals surface area contributed by atoms with Crippen LogP contribution in [0.2, 0.25) is 0 Å². The van der Waals surface area contributed by atoms with Crippen molar-refractivity contribution in [3.63, 3.8) is 0 Å². The standard InChI is InChI=1S/C14H19NO4/c16-8-6-13-10-15(7-9-18-13)14(17)19-11-12-4-2-1-3-5-12/h1-5,13,16H,6-11H2/t13-/m1/s1. The molecule has 1 aromatic rings. The fraction of sp³-hybridized carbons (Fsp3) is 0.500. The predicted molar refractivity (Wildman–Crippen MR) is 69.6 cm³/mol. The topological polar surface area (TPSA) is 59.0 Å². The van der Waals surface area contributed by atoms with E-state index in [0.29, 0.717) is 26.1 Å². The first-order chi connectivity index (χ1) is 9.29. The molecule has 1 aliphatic heterocycles. The number of aliphatic hydroxyl groups excluding tert-OH is 1. The third kappa shape index (κ3) is 4.22. The Bertz CT molecular complexity index is 394. The molecule has 0 spiro atoms. The lowest BCUT2D eigenvalue weighted by Gasteiger charge is -2.31. The highest BCUT2D eigenvalue weighted by Gasteiger charge is 2.24. The van der Waals surface area contributed by atoms with Gasteiger partial charge in [-0.2, -0.15) is 0 Å². The van der Waals surface area contributed by atoms with Gasteiger partial charge in [0.15, 0.2) is 0 Å². The monoisotopic (exact) mass is 265 g/mol. The van der Waals surface area contributed by atoms with Gasteiger partial charge in [-0.05, 0) is 12.0 Å². The van der Waals surface area contributed by atoms with E-state index in [4.69, 9.17) is 14.6 Å². The zero-order valence-electron chi connectivity index (χ0n) is 10.8. The van der Waals surface area contributed by atoms with Crippen LogP contribution >= 0.6 is 0 Å². The molecule has 0 saturated carbocycles. The number of morpholine rings is 1. The van der Waals surface area contributed by atoms with Gasteiger partial charge < -0.3 is 19.5 Å². The van der Waals surface area contributed by atoms with Crippen molar-refractivity contribution in [2.45, 2.75) is 19.1 Å².